The second-order valence-corrected chi connectivity index (χ2v) is 5.96. The van der Waals surface area contributed by atoms with Crippen molar-refractivity contribution in [1.29, 1.82) is 0 Å². The van der Waals surface area contributed by atoms with Crippen molar-refractivity contribution in [3.8, 4) is 0 Å². The van der Waals surface area contributed by atoms with E-state index in [-0.39, 0.29) is 11.9 Å². The predicted octanol–water partition coefficient (Wildman–Crippen LogP) is 4.11. The molecule has 3 heteroatoms. The van der Waals surface area contributed by atoms with E-state index in [0.717, 1.165) is 32.2 Å². The van der Waals surface area contributed by atoms with E-state index in [1.54, 1.807) is 0 Å². The molecule has 0 N–H and O–H groups in total. The first kappa shape index (κ1) is 14.2. The quantitative estimate of drug-likeness (QED) is 0.795. The molecule has 0 radical (unpaired) electrons. The average Bonchev–Trinajstić information content (AvgIpc) is 2.93. The number of esters is 1. The Hall–Kier alpha value is -1.77. The Morgan fingerprint density at radius 3 is 2.62 bits per heavy atom. The molecule has 1 aliphatic carbocycles. The van der Waals surface area contributed by atoms with Gasteiger partial charge < -0.3 is 9.30 Å². The van der Waals surface area contributed by atoms with Gasteiger partial charge in [-0.25, -0.2) is 0 Å². The van der Waals surface area contributed by atoms with Crippen LogP contribution in [0.4, 0.5) is 0 Å². The van der Waals surface area contributed by atoms with Gasteiger partial charge in [-0.3, -0.25) is 4.79 Å². The van der Waals surface area contributed by atoms with E-state index in [4.69, 9.17) is 4.74 Å². The SMILES string of the molecule is CCn1cc(C2CCC(C(=O)OC)CC2)c2ccccc21. The summed E-state index contributed by atoms with van der Waals surface area (Å²) in [6.45, 7) is 3.18. The van der Waals surface area contributed by atoms with Crippen LogP contribution in [-0.2, 0) is 16.1 Å². The van der Waals surface area contributed by atoms with Crippen LogP contribution in [0.5, 0.6) is 0 Å². The Bertz CT molecular complexity index is 636. The van der Waals surface area contributed by atoms with Gasteiger partial charge in [0.1, 0.15) is 0 Å². The van der Waals surface area contributed by atoms with Crippen molar-refractivity contribution in [2.24, 2.45) is 5.92 Å². The number of nitrogens with zero attached hydrogens (tertiary/aromatic N) is 1. The average molecular weight is 285 g/mol. The summed E-state index contributed by atoms with van der Waals surface area (Å²) < 4.78 is 7.21. The Morgan fingerprint density at radius 2 is 1.95 bits per heavy atom. The molecule has 1 aromatic carbocycles. The van der Waals surface area contributed by atoms with Gasteiger partial charge in [-0.2, -0.15) is 0 Å². The summed E-state index contributed by atoms with van der Waals surface area (Å²) in [7, 11) is 1.49. The van der Waals surface area contributed by atoms with Gasteiger partial charge in [-0.1, -0.05) is 18.2 Å². The first-order valence-electron chi connectivity index (χ1n) is 7.90. The van der Waals surface area contributed by atoms with Gasteiger partial charge in [0.2, 0.25) is 0 Å². The highest BCUT2D eigenvalue weighted by atomic mass is 16.5. The zero-order valence-electron chi connectivity index (χ0n) is 12.8. The molecule has 0 atom stereocenters. The van der Waals surface area contributed by atoms with Gasteiger partial charge in [-0.15, -0.1) is 0 Å². The van der Waals surface area contributed by atoms with E-state index in [2.05, 4.69) is 42.0 Å². The number of benzene rings is 1. The molecular formula is C18H23NO2. The third kappa shape index (κ3) is 2.57. The zero-order valence-corrected chi connectivity index (χ0v) is 12.8. The van der Waals surface area contributed by atoms with Crippen LogP contribution in [0.2, 0.25) is 0 Å². The molecule has 1 fully saturated rings. The Kier molecular flexibility index (Phi) is 4.00. The first-order valence-corrected chi connectivity index (χ1v) is 7.90. The fourth-order valence-electron chi connectivity index (χ4n) is 3.67. The van der Waals surface area contributed by atoms with E-state index in [0.29, 0.717) is 5.92 Å². The molecule has 1 aliphatic rings. The molecule has 0 unspecified atom stereocenters. The Morgan fingerprint density at radius 1 is 1.24 bits per heavy atom. The van der Waals surface area contributed by atoms with Crippen molar-refractivity contribution in [2.45, 2.75) is 45.1 Å². The van der Waals surface area contributed by atoms with Crippen LogP contribution < -0.4 is 0 Å². The molecule has 0 amide bonds. The third-order valence-corrected chi connectivity index (χ3v) is 4.86. The van der Waals surface area contributed by atoms with Gasteiger partial charge >= 0.3 is 5.97 Å². The lowest BCUT2D eigenvalue weighted by Crippen LogP contribution is -2.22. The van der Waals surface area contributed by atoms with Crippen LogP contribution in [0.1, 0.15) is 44.1 Å². The van der Waals surface area contributed by atoms with Crippen molar-refractivity contribution < 1.29 is 9.53 Å². The molecule has 0 aliphatic heterocycles. The number of carbonyl (C=O) groups excluding carboxylic acids is 1. The summed E-state index contributed by atoms with van der Waals surface area (Å²) in [5, 5.41) is 1.38. The van der Waals surface area contributed by atoms with Crippen molar-refractivity contribution >= 4 is 16.9 Å². The number of carbonyl (C=O) groups is 1. The minimum atomic E-state index is -0.0376. The molecule has 112 valence electrons. The van der Waals surface area contributed by atoms with Crippen molar-refractivity contribution in [1.82, 2.24) is 4.57 Å². The number of rotatable bonds is 3. The molecule has 1 heterocycles. The van der Waals surface area contributed by atoms with Gasteiger partial charge in [0.05, 0.1) is 13.0 Å². The second-order valence-electron chi connectivity index (χ2n) is 5.96. The number of aromatic nitrogens is 1. The zero-order chi connectivity index (χ0) is 14.8. The molecule has 0 spiro atoms. The van der Waals surface area contributed by atoms with Crippen LogP contribution in [0, 0.1) is 5.92 Å². The summed E-state index contributed by atoms with van der Waals surface area (Å²) >= 11 is 0. The maximum absolute atomic E-state index is 11.6. The highest BCUT2D eigenvalue weighted by molar-refractivity contribution is 5.84. The molecule has 3 nitrogen and oxygen atoms in total. The fourth-order valence-corrected chi connectivity index (χ4v) is 3.67. The maximum Gasteiger partial charge on any atom is 0.308 e. The van der Waals surface area contributed by atoms with Gasteiger partial charge in [0.25, 0.3) is 0 Å². The minimum Gasteiger partial charge on any atom is -0.469 e. The molecule has 1 aromatic heterocycles. The lowest BCUT2D eigenvalue weighted by molar-refractivity contribution is -0.146. The lowest BCUT2D eigenvalue weighted by Gasteiger charge is -2.26. The number of methoxy groups -OCH3 is 1. The van der Waals surface area contributed by atoms with Gasteiger partial charge in [0, 0.05) is 23.6 Å². The lowest BCUT2D eigenvalue weighted by atomic mass is 9.78. The predicted molar refractivity (Wildman–Crippen MR) is 84.3 cm³/mol. The van der Waals surface area contributed by atoms with E-state index < -0.39 is 0 Å². The minimum absolute atomic E-state index is 0.0376. The monoisotopic (exact) mass is 285 g/mol. The summed E-state index contributed by atoms with van der Waals surface area (Å²) in [5.74, 6) is 0.638. The fraction of sp³-hybridized carbons (Fsp3) is 0.500. The number of para-hydroxylation sites is 1. The van der Waals surface area contributed by atoms with E-state index in [9.17, 15) is 4.79 Å². The van der Waals surface area contributed by atoms with Crippen LogP contribution >= 0.6 is 0 Å². The highest BCUT2D eigenvalue weighted by Gasteiger charge is 2.29. The van der Waals surface area contributed by atoms with Crippen LogP contribution in [0.15, 0.2) is 30.5 Å². The van der Waals surface area contributed by atoms with Crippen LogP contribution in [-0.4, -0.2) is 17.6 Å². The number of hydrogen-bond donors (Lipinski definition) is 0. The second kappa shape index (κ2) is 5.92. The van der Waals surface area contributed by atoms with Crippen molar-refractivity contribution in [3.63, 3.8) is 0 Å². The Balaban J connectivity index is 1.84. The van der Waals surface area contributed by atoms with E-state index >= 15 is 0 Å². The summed E-state index contributed by atoms with van der Waals surface area (Å²) in [6, 6.07) is 8.64. The molecule has 3 rings (SSSR count). The first-order chi connectivity index (χ1) is 10.2. The normalized spacial score (nSPS) is 22.4. The third-order valence-electron chi connectivity index (χ3n) is 4.86. The van der Waals surface area contributed by atoms with E-state index in [1.165, 1.54) is 23.6 Å². The Labute approximate surface area is 125 Å². The molecule has 21 heavy (non-hydrogen) atoms. The topological polar surface area (TPSA) is 31.2 Å². The number of hydrogen-bond acceptors (Lipinski definition) is 2. The summed E-state index contributed by atoms with van der Waals surface area (Å²) in [6.07, 6.45) is 6.37. The number of ether oxygens (including phenoxy) is 1. The number of aryl methyl sites for hydroxylation is 1. The van der Waals surface area contributed by atoms with Crippen LogP contribution in [0.25, 0.3) is 10.9 Å². The van der Waals surface area contributed by atoms with Crippen LogP contribution in [0.3, 0.4) is 0 Å². The van der Waals surface area contributed by atoms with Gasteiger partial charge in [-0.05, 0) is 50.2 Å². The van der Waals surface area contributed by atoms with Crippen molar-refractivity contribution in [2.75, 3.05) is 7.11 Å². The molecule has 2 aromatic rings. The molecular weight excluding hydrogens is 262 g/mol. The summed E-state index contributed by atoms with van der Waals surface area (Å²) in [4.78, 5) is 11.6. The largest absolute Gasteiger partial charge is 0.469 e. The highest BCUT2D eigenvalue weighted by Crippen LogP contribution is 2.39. The molecule has 0 saturated heterocycles. The standard InChI is InChI=1S/C18H23NO2/c1-3-19-12-16(15-6-4-5-7-17(15)19)13-8-10-14(11-9-13)18(20)21-2/h4-7,12-14H,3,8-11H2,1-2H3. The molecule has 0 bridgehead atoms. The van der Waals surface area contributed by atoms with Gasteiger partial charge in [0.15, 0.2) is 0 Å². The summed E-state index contributed by atoms with van der Waals surface area (Å²) in [5.41, 5.74) is 2.78. The smallest absolute Gasteiger partial charge is 0.308 e. The van der Waals surface area contributed by atoms with E-state index in [1.807, 2.05) is 0 Å². The number of fused-ring (bicyclic) bond motifs is 1. The van der Waals surface area contributed by atoms with Crippen molar-refractivity contribution in [3.05, 3.63) is 36.0 Å². The maximum atomic E-state index is 11.6. The molecule has 1 saturated carbocycles.